The second kappa shape index (κ2) is 6.67. The van der Waals surface area contributed by atoms with Gasteiger partial charge in [0.15, 0.2) is 0 Å². The van der Waals surface area contributed by atoms with Gasteiger partial charge in [0.1, 0.15) is 0 Å². The molecule has 3 heteroatoms. The number of amides is 1. The summed E-state index contributed by atoms with van der Waals surface area (Å²) >= 11 is 0. The Bertz CT molecular complexity index is 653. The fourth-order valence-corrected chi connectivity index (χ4v) is 6.00. The van der Waals surface area contributed by atoms with Crippen LogP contribution >= 0.6 is 0 Å². The Morgan fingerprint density at radius 2 is 1.77 bits per heavy atom. The van der Waals surface area contributed by atoms with E-state index in [1.807, 2.05) is 0 Å². The van der Waals surface area contributed by atoms with Crippen molar-refractivity contribution in [3.05, 3.63) is 35.9 Å². The lowest BCUT2D eigenvalue weighted by Crippen LogP contribution is -2.50. The molecule has 0 N–H and O–H groups in total. The molecule has 3 nitrogen and oxygen atoms in total. The van der Waals surface area contributed by atoms with Crippen LogP contribution in [0, 0.1) is 0 Å². The first-order valence-electron chi connectivity index (χ1n) is 10.9. The van der Waals surface area contributed by atoms with Crippen LogP contribution in [-0.2, 0) is 4.79 Å². The molecule has 1 aromatic rings. The fourth-order valence-electron chi connectivity index (χ4n) is 6.00. The van der Waals surface area contributed by atoms with E-state index in [-0.39, 0.29) is 11.6 Å². The molecule has 1 amide bonds. The van der Waals surface area contributed by atoms with E-state index in [2.05, 4.69) is 40.1 Å². The number of hydrogen-bond donors (Lipinski definition) is 0. The van der Waals surface area contributed by atoms with Crippen LogP contribution in [0.3, 0.4) is 0 Å². The maximum absolute atomic E-state index is 13.6. The predicted molar refractivity (Wildman–Crippen MR) is 104 cm³/mol. The zero-order valence-corrected chi connectivity index (χ0v) is 15.9. The Balaban J connectivity index is 1.33. The topological polar surface area (TPSA) is 23.6 Å². The quantitative estimate of drug-likeness (QED) is 0.791. The molecule has 0 radical (unpaired) electrons. The summed E-state index contributed by atoms with van der Waals surface area (Å²) in [4.78, 5) is 18.6. The van der Waals surface area contributed by atoms with Crippen molar-refractivity contribution in [1.82, 2.24) is 9.80 Å². The van der Waals surface area contributed by atoms with Gasteiger partial charge in [-0.25, -0.2) is 0 Å². The second-order valence-corrected chi connectivity index (χ2v) is 9.17. The van der Waals surface area contributed by atoms with Crippen molar-refractivity contribution in [1.29, 1.82) is 0 Å². The van der Waals surface area contributed by atoms with Crippen molar-refractivity contribution in [3.8, 4) is 0 Å². The van der Waals surface area contributed by atoms with E-state index in [1.165, 1.54) is 63.4 Å². The monoisotopic (exact) mass is 352 g/mol. The molecule has 4 aliphatic rings. The van der Waals surface area contributed by atoms with Crippen LogP contribution < -0.4 is 0 Å². The van der Waals surface area contributed by atoms with E-state index in [4.69, 9.17) is 0 Å². The molecule has 3 atom stereocenters. The van der Waals surface area contributed by atoms with Gasteiger partial charge in [-0.05, 0) is 57.1 Å². The third-order valence-electron chi connectivity index (χ3n) is 7.60. The third kappa shape index (κ3) is 2.89. The molecule has 1 spiro atoms. The highest BCUT2D eigenvalue weighted by Gasteiger charge is 2.57. The summed E-state index contributed by atoms with van der Waals surface area (Å²) in [6.07, 6.45) is 12.6. The summed E-state index contributed by atoms with van der Waals surface area (Å²) in [6.45, 7) is 2.09. The van der Waals surface area contributed by atoms with Gasteiger partial charge in [0, 0.05) is 24.0 Å². The summed E-state index contributed by atoms with van der Waals surface area (Å²) in [5.41, 5.74) is 1.63. The Hall–Kier alpha value is -1.35. The molecular formula is C23H32N2O. The molecule has 3 saturated heterocycles. The molecule has 26 heavy (non-hydrogen) atoms. The minimum atomic E-state index is 0.171. The molecule has 1 aliphatic carbocycles. The van der Waals surface area contributed by atoms with Crippen molar-refractivity contribution in [3.63, 3.8) is 0 Å². The molecule has 140 valence electrons. The van der Waals surface area contributed by atoms with Crippen molar-refractivity contribution in [2.45, 2.75) is 87.7 Å². The van der Waals surface area contributed by atoms with Crippen LogP contribution in [-0.4, -0.2) is 46.4 Å². The first kappa shape index (κ1) is 16.8. The lowest BCUT2D eigenvalue weighted by atomic mass is 9.96. The van der Waals surface area contributed by atoms with E-state index in [9.17, 15) is 4.79 Å². The summed E-state index contributed by atoms with van der Waals surface area (Å²) in [6, 6.07) is 11.7. The standard InChI is InChI=1S/C23H32N2O/c26-22(21-12-11-20-10-6-1-2-7-15-24(20)21)25-17-19(16-23(25)13-14-23)18-8-4-3-5-9-18/h3-5,8-9,19-21H,1-2,6-7,10-17H2. The van der Waals surface area contributed by atoms with Gasteiger partial charge in [0.2, 0.25) is 5.91 Å². The molecule has 5 rings (SSSR count). The van der Waals surface area contributed by atoms with Gasteiger partial charge in [-0.2, -0.15) is 0 Å². The van der Waals surface area contributed by atoms with E-state index in [1.54, 1.807) is 0 Å². The maximum atomic E-state index is 13.6. The van der Waals surface area contributed by atoms with E-state index < -0.39 is 0 Å². The van der Waals surface area contributed by atoms with Gasteiger partial charge >= 0.3 is 0 Å². The van der Waals surface area contributed by atoms with Gasteiger partial charge < -0.3 is 4.90 Å². The second-order valence-electron chi connectivity index (χ2n) is 9.17. The van der Waals surface area contributed by atoms with Crippen molar-refractivity contribution in [2.24, 2.45) is 0 Å². The van der Waals surface area contributed by atoms with E-state index in [0.29, 0.717) is 17.9 Å². The van der Waals surface area contributed by atoms with Gasteiger partial charge in [0.05, 0.1) is 6.04 Å². The zero-order chi connectivity index (χ0) is 17.6. The highest BCUT2D eigenvalue weighted by molar-refractivity contribution is 5.84. The number of hydrogen-bond acceptors (Lipinski definition) is 2. The average molecular weight is 353 g/mol. The first-order valence-corrected chi connectivity index (χ1v) is 10.9. The van der Waals surface area contributed by atoms with Crippen LogP contribution in [0.5, 0.6) is 0 Å². The Kier molecular flexibility index (Phi) is 4.31. The molecule has 4 fully saturated rings. The normalized spacial score (nSPS) is 33.7. The first-order chi connectivity index (χ1) is 12.8. The summed E-state index contributed by atoms with van der Waals surface area (Å²) in [7, 11) is 0. The van der Waals surface area contributed by atoms with Crippen LogP contribution in [0.15, 0.2) is 30.3 Å². The molecule has 3 aliphatic heterocycles. The molecule has 3 heterocycles. The minimum absolute atomic E-state index is 0.171. The van der Waals surface area contributed by atoms with Crippen molar-refractivity contribution in [2.75, 3.05) is 13.1 Å². The average Bonchev–Trinajstić information content (AvgIpc) is 3.15. The van der Waals surface area contributed by atoms with Crippen LogP contribution in [0.4, 0.5) is 0 Å². The smallest absolute Gasteiger partial charge is 0.240 e. The lowest BCUT2D eigenvalue weighted by molar-refractivity contribution is -0.138. The largest absolute Gasteiger partial charge is 0.335 e. The van der Waals surface area contributed by atoms with E-state index in [0.717, 1.165) is 19.5 Å². The van der Waals surface area contributed by atoms with Crippen molar-refractivity contribution >= 4 is 5.91 Å². The molecule has 0 aromatic heterocycles. The Labute approximate surface area is 157 Å². The van der Waals surface area contributed by atoms with Gasteiger partial charge in [0.25, 0.3) is 0 Å². The Morgan fingerprint density at radius 1 is 0.962 bits per heavy atom. The summed E-state index contributed by atoms with van der Waals surface area (Å²) in [5, 5.41) is 0. The highest BCUT2D eigenvalue weighted by Crippen LogP contribution is 2.54. The van der Waals surface area contributed by atoms with E-state index >= 15 is 0 Å². The number of likely N-dealkylation sites (tertiary alicyclic amines) is 1. The number of fused-ring (bicyclic) bond motifs is 1. The molecular weight excluding hydrogens is 320 g/mol. The number of nitrogens with zero attached hydrogens (tertiary/aromatic N) is 2. The van der Waals surface area contributed by atoms with Gasteiger partial charge in [-0.3, -0.25) is 9.69 Å². The summed E-state index contributed by atoms with van der Waals surface area (Å²) in [5.74, 6) is 0.996. The van der Waals surface area contributed by atoms with Crippen LogP contribution in [0.1, 0.15) is 75.7 Å². The van der Waals surface area contributed by atoms with Gasteiger partial charge in [-0.1, -0.05) is 49.6 Å². The molecule has 1 aromatic carbocycles. The zero-order valence-electron chi connectivity index (χ0n) is 15.9. The number of carbonyl (C=O) groups excluding carboxylic acids is 1. The SMILES string of the molecule is O=C(C1CCC2CCCCCCN21)N1CC(c2ccccc2)CC12CC2. The van der Waals surface area contributed by atoms with Crippen molar-refractivity contribution < 1.29 is 4.79 Å². The maximum Gasteiger partial charge on any atom is 0.240 e. The number of carbonyl (C=O) groups is 1. The number of benzene rings is 1. The summed E-state index contributed by atoms with van der Waals surface area (Å²) < 4.78 is 0. The minimum Gasteiger partial charge on any atom is -0.335 e. The lowest BCUT2D eigenvalue weighted by Gasteiger charge is -2.35. The molecule has 3 unspecified atom stereocenters. The van der Waals surface area contributed by atoms with Gasteiger partial charge in [-0.15, -0.1) is 0 Å². The number of rotatable bonds is 2. The molecule has 1 saturated carbocycles. The Morgan fingerprint density at radius 3 is 2.58 bits per heavy atom. The highest BCUT2D eigenvalue weighted by atomic mass is 16.2. The molecule has 0 bridgehead atoms. The van der Waals surface area contributed by atoms with Crippen LogP contribution in [0.25, 0.3) is 0 Å². The predicted octanol–water partition coefficient (Wildman–Crippen LogP) is 4.33. The third-order valence-corrected chi connectivity index (χ3v) is 7.60. The van der Waals surface area contributed by atoms with Crippen LogP contribution in [0.2, 0.25) is 0 Å². The fraction of sp³-hybridized carbons (Fsp3) is 0.696.